The first-order valence-corrected chi connectivity index (χ1v) is 3.26. The number of hydrogen-bond acceptors (Lipinski definition) is 1. The predicted octanol–water partition coefficient (Wildman–Crippen LogP) is 1.98. The maximum absolute atomic E-state index is 10.4. The first-order chi connectivity index (χ1) is 6.22. The summed E-state index contributed by atoms with van der Waals surface area (Å²) in [6, 6.07) is 5.11. The molecular formula is C9H7NO. The Hall–Kier alpha value is -1.57. The van der Waals surface area contributed by atoms with E-state index in [4.69, 9.17) is 2.74 Å². The Labute approximate surface area is 66.7 Å². The van der Waals surface area contributed by atoms with Crippen molar-refractivity contribution in [1.29, 1.82) is 0 Å². The molecule has 0 spiro atoms. The summed E-state index contributed by atoms with van der Waals surface area (Å²) in [7, 11) is 0. The van der Waals surface area contributed by atoms with Crippen LogP contribution in [-0.2, 0) is 0 Å². The molecule has 0 saturated carbocycles. The summed E-state index contributed by atoms with van der Waals surface area (Å²) in [6.07, 6.45) is 0.813. The molecule has 0 aliphatic rings. The van der Waals surface area contributed by atoms with E-state index in [1.807, 2.05) is 0 Å². The third kappa shape index (κ3) is 0.923. The SMILES string of the molecule is [2H]c1[nH]c2ccc(C=O)cc2c1[2H]. The van der Waals surface area contributed by atoms with Crippen LogP contribution in [0.2, 0.25) is 0 Å². The topological polar surface area (TPSA) is 32.9 Å². The lowest BCUT2D eigenvalue weighted by atomic mass is 10.2. The number of carbonyl (C=O) groups is 1. The molecule has 1 aromatic carbocycles. The van der Waals surface area contributed by atoms with Crippen molar-refractivity contribution in [2.24, 2.45) is 0 Å². The van der Waals surface area contributed by atoms with Crippen LogP contribution in [0.5, 0.6) is 0 Å². The summed E-state index contributed by atoms with van der Waals surface area (Å²) in [4.78, 5) is 13.2. The number of aldehydes is 1. The minimum absolute atomic E-state index is 0.0815. The molecule has 0 atom stereocenters. The summed E-state index contributed by atoms with van der Waals surface area (Å²) in [6.45, 7) is 0. The summed E-state index contributed by atoms with van der Waals surface area (Å²) >= 11 is 0. The average molecular weight is 147 g/mol. The molecule has 1 N–H and O–H groups in total. The zero-order chi connectivity index (χ0) is 9.42. The van der Waals surface area contributed by atoms with Crippen LogP contribution >= 0.6 is 0 Å². The quantitative estimate of drug-likeness (QED) is 0.614. The van der Waals surface area contributed by atoms with Gasteiger partial charge in [-0.1, -0.05) is 0 Å². The van der Waals surface area contributed by atoms with Gasteiger partial charge in [-0.3, -0.25) is 4.79 Å². The van der Waals surface area contributed by atoms with Gasteiger partial charge in [-0.25, -0.2) is 0 Å². The number of benzene rings is 1. The van der Waals surface area contributed by atoms with E-state index in [0.717, 1.165) is 11.8 Å². The van der Waals surface area contributed by atoms with Crippen molar-refractivity contribution in [2.45, 2.75) is 0 Å². The zero-order valence-electron chi connectivity index (χ0n) is 7.72. The Balaban J connectivity index is 2.81. The molecular weight excluding hydrogens is 138 g/mol. The highest BCUT2D eigenvalue weighted by Crippen LogP contribution is 2.12. The molecule has 0 radical (unpaired) electrons. The molecule has 0 unspecified atom stereocenters. The highest BCUT2D eigenvalue weighted by Gasteiger charge is 1.93. The fourth-order valence-corrected chi connectivity index (χ4v) is 1.01. The van der Waals surface area contributed by atoms with E-state index in [0.29, 0.717) is 10.9 Å². The molecule has 1 heterocycles. The van der Waals surface area contributed by atoms with E-state index in [1.165, 1.54) is 0 Å². The molecule has 0 fully saturated rings. The third-order valence-electron chi connectivity index (χ3n) is 1.57. The first-order valence-electron chi connectivity index (χ1n) is 4.26. The van der Waals surface area contributed by atoms with Crippen molar-refractivity contribution < 1.29 is 7.54 Å². The second-order valence-corrected chi connectivity index (χ2v) is 2.30. The lowest BCUT2D eigenvalue weighted by molar-refractivity contribution is 0.112. The fourth-order valence-electron chi connectivity index (χ4n) is 1.01. The lowest BCUT2D eigenvalue weighted by Crippen LogP contribution is -1.76. The number of carbonyl (C=O) groups excluding carboxylic acids is 1. The van der Waals surface area contributed by atoms with Gasteiger partial charge in [0.05, 0.1) is 2.74 Å². The van der Waals surface area contributed by atoms with Crippen molar-refractivity contribution >= 4 is 17.2 Å². The number of hydrogen-bond donors (Lipinski definition) is 1. The number of aromatic nitrogens is 1. The van der Waals surface area contributed by atoms with Crippen LogP contribution in [0.4, 0.5) is 0 Å². The third-order valence-corrected chi connectivity index (χ3v) is 1.57. The highest BCUT2D eigenvalue weighted by atomic mass is 16.1. The van der Waals surface area contributed by atoms with Gasteiger partial charge >= 0.3 is 0 Å². The Morgan fingerprint density at radius 1 is 1.55 bits per heavy atom. The van der Waals surface area contributed by atoms with E-state index in [9.17, 15) is 4.79 Å². The van der Waals surface area contributed by atoms with Crippen LogP contribution in [-0.4, -0.2) is 11.3 Å². The van der Waals surface area contributed by atoms with Crippen LogP contribution in [0.25, 0.3) is 10.9 Å². The second-order valence-electron chi connectivity index (χ2n) is 2.30. The van der Waals surface area contributed by atoms with Crippen molar-refractivity contribution in [3.8, 4) is 0 Å². The molecule has 2 aromatic rings. The van der Waals surface area contributed by atoms with E-state index in [2.05, 4.69) is 4.98 Å². The van der Waals surface area contributed by atoms with E-state index in [1.54, 1.807) is 18.2 Å². The monoisotopic (exact) mass is 147 g/mol. The molecule has 54 valence electrons. The first kappa shape index (κ1) is 4.34. The van der Waals surface area contributed by atoms with Crippen LogP contribution in [0.3, 0.4) is 0 Å². The molecule has 0 aliphatic carbocycles. The van der Waals surface area contributed by atoms with Gasteiger partial charge in [0.15, 0.2) is 0 Å². The molecule has 1 aromatic heterocycles. The standard InChI is InChI=1S/C9H7NO/c11-6-7-1-2-9-8(5-7)3-4-10-9/h1-6,10H/i3D,4D. The van der Waals surface area contributed by atoms with Crippen molar-refractivity contribution in [3.63, 3.8) is 0 Å². The lowest BCUT2D eigenvalue weighted by Gasteiger charge is -1.89. The van der Waals surface area contributed by atoms with E-state index >= 15 is 0 Å². The molecule has 0 saturated heterocycles. The van der Waals surface area contributed by atoms with Crippen LogP contribution in [0.15, 0.2) is 30.4 Å². The van der Waals surface area contributed by atoms with Crippen molar-refractivity contribution in [2.75, 3.05) is 0 Å². The van der Waals surface area contributed by atoms with Gasteiger partial charge in [0.25, 0.3) is 0 Å². The maximum Gasteiger partial charge on any atom is 0.150 e. The van der Waals surface area contributed by atoms with Gasteiger partial charge in [0.1, 0.15) is 6.29 Å². The second kappa shape index (κ2) is 2.23. The molecule has 0 bridgehead atoms. The average Bonchev–Trinajstić information content (AvgIpc) is 2.43. The Morgan fingerprint density at radius 3 is 3.27 bits per heavy atom. The summed E-state index contributed by atoms with van der Waals surface area (Å²) in [5.74, 6) is 0. The normalized spacial score (nSPS) is 12.7. The van der Waals surface area contributed by atoms with Gasteiger partial charge < -0.3 is 4.98 Å². The summed E-state index contributed by atoms with van der Waals surface area (Å²) in [5, 5.41) is 0.620. The largest absolute Gasteiger partial charge is 0.361 e. The Kier molecular flexibility index (Phi) is 0.881. The van der Waals surface area contributed by atoms with Gasteiger partial charge in [0, 0.05) is 22.6 Å². The molecule has 2 nitrogen and oxygen atoms in total. The molecule has 2 heteroatoms. The maximum atomic E-state index is 10.4. The number of H-pyrrole nitrogens is 1. The number of nitrogens with one attached hydrogen (secondary N) is 1. The minimum Gasteiger partial charge on any atom is -0.361 e. The smallest absolute Gasteiger partial charge is 0.150 e. The van der Waals surface area contributed by atoms with Gasteiger partial charge in [-0.15, -0.1) is 0 Å². The predicted molar refractivity (Wildman–Crippen MR) is 43.7 cm³/mol. The number of aromatic amines is 1. The van der Waals surface area contributed by atoms with E-state index < -0.39 is 0 Å². The summed E-state index contributed by atoms with van der Waals surface area (Å²) in [5.41, 5.74) is 1.25. The molecule has 11 heavy (non-hydrogen) atoms. The Morgan fingerprint density at radius 2 is 2.45 bits per heavy atom. The summed E-state index contributed by atoms with van der Waals surface area (Å²) < 4.78 is 14.8. The van der Waals surface area contributed by atoms with E-state index in [-0.39, 0.29) is 12.2 Å². The van der Waals surface area contributed by atoms with Crippen LogP contribution < -0.4 is 0 Å². The van der Waals surface area contributed by atoms with Gasteiger partial charge in [-0.2, -0.15) is 0 Å². The van der Waals surface area contributed by atoms with Crippen molar-refractivity contribution in [3.05, 3.63) is 36.0 Å². The molecule has 2 rings (SSSR count). The number of fused-ring (bicyclic) bond motifs is 1. The number of rotatable bonds is 1. The van der Waals surface area contributed by atoms with Crippen molar-refractivity contribution in [1.82, 2.24) is 4.98 Å². The van der Waals surface area contributed by atoms with Gasteiger partial charge in [0.2, 0.25) is 0 Å². The minimum atomic E-state index is 0.0815. The highest BCUT2D eigenvalue weighted by molar-refractivity contribution is 5.86. The molecule has 0 aliphatic heterocycles. The zero-order valence-corrected chi connectivity index (χ0v) is 5.72. The molecule has 0 amide bonds. The van der Waals surface area contributed by atoms with Gasteiger partial charge in [-0.05, 0) is 24.2 Å². The van der Waals surface area contributed by atoms with Crippen LogP contribution in [0, 0.1) is 0 Å². The fraction of sp³-hybridized carbons (Fsp3) is 0. The Bertz CT molecular complexity index is 476. The van der Waals surface area contributed by atoms with Crippen LogP contribution in [0.1, 0.15) is 13.1 Å².